The van der Waals surface area contributed by atoms with Crippen LogP contribution in [0.15, 0.2) is 29.2 Å². The fourth-order valence-corrected chi connectivity index (χ4v) is 4.82. The van der Waals surface area contributed by atoms with Crippen LogP contribution in [0, 0.1) is 5.92 Å². The number of sulfone groups is 1. The molecule has 0 N–H and O–H groups in total. The fourth-order valence-electron chi connectivity index (χ4n) is 2.87. The van der Waals surface area contributed by atoms with E-state index in [0.29, 0.717) is 44.2 Å². The van der Waals surface area contributed by atoms with Gasteiger partial charge in [-0.2, -0.15) is 0 Å². The number of amides is 1. The predicted octanol–water partition coefficient (Wildman–Crippen LogP) is 2.65. The van der Waals surface area contributed by atoms with Crippen molar-refractivity contribution in [1.29, 1.82) is 0 Å². The monoisotopic (exact) mass is 351 g/mol. The van der Waals surface area contributed by atoms with Gasteiger partial charge in [-0.05, 0) is 55.9 Å². The highest BCUT2D eigenvalue weighted by Crippen LogP contribution is 2.48. The van der Waals surface area contributed by atoms with Crippen LogP contribution >= 0.6 is 0 Å². The van der Waals surface area contributed by atoms with Gasteiger partial charge in [0.15, 0.2) is 14.6 Å². The molecule has 1 aromatic carbocycles. The van der Waals surface area contributed by atoms with E-state index in [1.165, 1.54) is 0 Å². The Labute approximate surface area is 143 Å². The molecule has 1 heterocycles. The van der Waals surface area contributed by atoms with E-state index in [1.54, 1.807) is 29.2 Å². The zero-order valence-electron chi connectivity index (χ0n) is 14.3. The van der Waals surface area contributed by atoms with Gasteiger partial charge in [-0.1, -0.05) is 13.8 Å². The lowest BCUT2D eigenvalue weighted by Gasteiger charge is -2.34. The van der Waals surface area contributed by atoms with E-state index >= 15 is 0 Å². The van der Waals surface area contributed by atoms with Crippen molar-refractivity contribution in [3.8, 4) is 5.75 Å². The molecule has 0 radical (unpaired) electrons. The van der Waals surface area contributed by atoms with Crippen LogP contribution in [-0.2, 0) is 14.6 Å². The van der Waals surface area contributed by atoms with Crippen molar-refractivity contribution in [3.05, 3.63) is 24.3 Å². The van der Waals surface area contributed by atoms with E-state index in [-0.39, 0.29) is 10.8 Å². The van der Waals surface area contributed by atoms with Crippen molar-refractivity contribution >= 4 is 15.7 Å². The molecule has 3 rings (SSSR count). The van der Waals surface area contributed by atoms with E-state index < -0.39 is 14.6 Å². The average Bonchev–Trinajstić information content (AvgIpc) is 3.27. The highest BCUT2D eigenvalue weighted by molar-refractivity contribution is 7.94. The summed E-state index contributed by atoms with van der Waals surface area (Å²) >= 11 is 0. The van der Waals surface area contributed by atoms with Crippen LogP contribution in [0.4, 0.5) is 0 Å². The van der Waals surface area contributed by atoms with E-state index in [9.17, 15) is 13.2 Å². The van der Waals surface area contributed by atoms with Gasteiger partial charge < -0.3 is 9.64 Å². The summed E-state index contributed by atoms with van der Waals surface area (Å²) in [6.45, 7) is 6.23. The normalized spacial score (nSPS) is 19.0. The quantitative estimate of drug-likeness (QED) is 0.758. The molecule has 1 aliphatic carbocycles. The van der Waals surface area contributed by atoms with Crippen molar-refractivity contribution in [3.63, 3.8) is 0 Å². The second-order valence-electron chi connectivity index (χ2n) is 7.15. The van der Waals surface area contributed by atoms with Gasteiger partial charge in [0.05, 0.1) is 11.5 Å². The molecule has 1 aliphatic heterocycles. The van der Waals surface area contributed by atoms with Crippen molar-refractivity contribution in [2.75, 3.05) is 19.7 Å². The van der Waals surface area contributed by atoms with E-state index in [2.05, 4.69) is 13.8 Å². The van der Waals surface area contributed by atoms with Gasteiger partial charge in [0.2, 0.25) is 5.91 Å². The number of hydrogen-bond acceptors (Lipinski definition) is 4. The number of nitrogens with zero attached hydrogens (tertiary/aromatic N) is 1. The Morgan fingerprint density at radius 2 is 1.83 bits per heavy atom. The number of hydrogen-bond donors (Lipinski definition) is 0. The van der Waals surface area contributed by atoms with Crippen molar-refractivity contribution < 1.29 is 17.9 Å². The maximum absolute atomic E-state index is 12.9. The van der Waals surface area contributed by atoms with Gasteiger partial charge >= 0.3 is 0 Å². The van der Waals surface area contributed by atoms with Crippen molar-refractivity contribution in [2.24, 2.45) is 5.92 Å². The topological polar surface area (TPSA) is 63.7 Å². The van der Waals surface area contributed by atoms with Crippen LogP contribution in [0.1, 0.15) is 39.5 Å². The number of ether oxygens (including phenoxy) is 1. The Balaban J connectivity index is 1.72. The van der Waals surface area contributed by atoms with Crippen molar-refractivity contribution in [2.45, 2.75) is 49.2 Å². The SMILES string of the molecule is CC(C)CCOc1ccc(S(=O)(=O)C2(C(=O)N3CCC3)CC2)cc1. The molecule has 1 aromatic rings. The molecule has 0 aromatic heterocycles. The molecule has 0 spiro atoms. The Kier molecular flexibility index (Phi) is 4.60. The standard InChI is InChI=1S/C18H25NO4S/c1-14(2)8-13-23-15-4-6-16(7-5-15)24(21,22)18(9-10-18)17(20)19-11-3-12-19/h4-7,14H,3,8-13H2,1-2H3. The smallest absolute Gasteiger partial charge is 0.244 e. The molecule has 0 bridgehead atoms. The molecule has 132 valence electrons. The molecule has 0 unspecified atom stereocenters. The van der Waals surface area contributed by atoms with Crippen LogP contribution in [0.3, 0.4) is 0 Å². The third-order valence-corrected chi connectivity index (χ3v) is 7.35. The highest BCUT2D eigenvalue weighted by atomic mass is 32.2. The van der Waals surface area contributed by atoms with E-state index in [0.717, 1.165) is 12.8 Å². The molecule has 2 aliphatic rings. The van der Waals surface area contributed by atoms with Gasteiger partial charge in [-0.15, -0.1) is 0 Å². The van der Waals surface area contributed by atoms with Crippen LogP contribution in [0.5, 0.6) is 5.75 Å². The lowest BCUT2D eigenvalue weighted by atomic mass is 10.1. The molecular weight excluding hydrogens is 326 g/mol. The summed E-state index contributed by atoms with van der Waals surface area (Å²) in [5.74, 6) is 1.01. The minimum Gasteiger partial charge on any atom is -0.494 e. The molecule has 24 heavy (non-hydrogen) atoms. The summed E-state index contributed by atoms with van der Waals surface area (Å²) < 4.78 is 30.3. The molecule has 1 amide bonds. The summed E-state index contributed by atoms with van der Waals surface area (Å²) in [6, 6.07) is 6.47. The number of likely N-dealkylation sites (tertiary alicyclic amines) is 1. The Morgan fingerprint density at radius 1 is 1.21 bits per heavy atom. The highest BCUT2D eigenvalue weighted by Gasteiger charge is 2.62. The lowest BCUT2D eigenvalue weighted by molar-refractivity contribution is -0.134. The minimum atomic E-state index is -3.65. The molecular formula is C18H25NO4S. The third-order valence-electron chi connectivity index (χ3n) is 4.85. The number of benzene rings is 1. The van der Waals surface area contributed by atoms with Gasteiger partial charge in [0.25, 0.3) is 0 Å². The van der Waals surface area contributed by atoms with Gasteiger partial charge in [-0.3, -0.25) is 4.79 Å². The second-order valence-corrected chi connectivity index (χ2v) is 9.41. The first-order valence-electron chi connectivity index (χ1n) is 8.64. The Hall–Kier alpha value is -1.56. The number of rotatable bonds is 7. The molecule has 1 saturated carbocycles. The van der Waals surface area contributed by atoms with Crippen LogP contribution < -0.4 is 4.74 Å². The summed E-state index contributed by atoms with van der Waals surface area (Å²) in [7, 11) is -3.65. The van der Waals surface area contributed by atoms with Crippen LogP contribution in [0.2, 0.25) is 0 Å². The Morgan fingerprint density at radius 3 is 2.29 bits per heavy atom. The predicted molar refractivity (Wildman–Crippen MR) is 91.7 cm³/mol. The first-order valence-corrected chi connectivity index (χ1v) is 10.1. The maximum atomic E-state index is 12.9. The second kappa shape index (κ2) is 6.39. The largest absolute Gasteiger partial charge is 0.494 e. The molecule has 6 heteroatoms. The van der Waals surface area contributed by atoms with Gasteiger partial charge in [0.1, 0.15) is 5.75 Å². The first-order chi connectivity index (χ1) is 11.4. The summed E-state index contributed by atoms with van der Waals surface area (Å²) in [5.41, 5.74) is 0. The lowest BCUT2D eigenvalue weighted by Crippen LogP contribution is -2.50. The van der Waals surface area contributed by atoms with Crippen molar-refractivity contribution in [1.82, 2.24) is 4.90 Å². The molecule has 0 atom stereocenters. The first kappa shape index (κ1) is 17.3. The summed E-state index contributed by atoms with van der Waals surface area (Å²) in [4.78, 5) is 14.4. The van der Waals surface area contributed by atoms with Gasteiger partial charge in [-0.25, -0.2) is 8.42 Å². The number of carbonyl (C=O) groups excluding carboxylic acids is 1. The fraction of sp³-hybridized carbons (Fsp3) is 0.611. The average molecular weight is 351 g/mol. The van der Waals surface area contributed by atoms with Gasteiger partial charge in [0, 0.05) is 13.1 Å². The molecule has 2 fully saturated rings. The molecule has 5 nitrogen and oxygen atoms in total. The zero-order valence-corrected chi connectivity index (χ0v) is 15.1. The number of carbonyl (C=O) groups is 1. The van der Waals surface area contributed by atoms with Crippen LogP contribution in [0.25, 0.3) is 0 Å². The summed E-state index contributed by atoms with van der Waals surface area (Å²) in [5, 5.41) is 0. The Bertz CT molecular complexity index is 701. The molecule has 1 saturated heterocycles. The summed E-state index contributed by atoms with van der Waals surface area (Å²) in [6.07, 6.45) is 2.77. The van der Waals surface area contributed by atoms with E-state index in [1.807, 2.05) is 0 Å². The third kappa shape index (κ3) is 3.04. The minimum absolute atomic E-state index is 0.213. The van der Waals surface area contributed by atoms with E-state index in [4.69, 9.17) is 4.74 Å². The van der Waals surface area contributed by atoms with Crippen LogP contribution in [-0.4, -0.2) is 43.7 Å². The maximum Gasteiger partial charge on any atom is 0.244 e. The zero-order chi connectivity index (χ0) is 17.4.